The van der Waals surface area contributed by atoms with E-state index in [0.29, 0.717) is 94.6 Å². The fourth-order valence-corrected chi connectivity index (χ4v) is 7.33. The fourth-order valence-electron chi connectivity index (χ4n) is 7.33. The minimum Gasteiger partial charge on any atom is -0.491 e. The third-order valence-corrected chi connectivity index (χ3v) is 10.3. The van der Waals surface area contributed by atoms with Crippen molar-refractivity contribution in [2.75, 3.05) is 39.5 Å². The summed E-state index contributed by atoms with van der Waals surface area (Å²) in [7, 11) is 0. The van der Waals surface area contributed by atoms with Crippen LogP contribution >= 0.6 is 0 Å². The van der Waals surface area contributed by atoms with Crippen LogP contribution in [0.25, 0.3) is 22.1 Å². The van der Waals surface area contributed by atoms with Crippen LogP contribution < -0.4 is 21.7 Å². The van der Waals surface area contributed by atoms with Gasteiger partial charge in [-0.05, 0) is 83.5 Å². The molecule has 18 nitrogen and oxygen atoms in total. The number of carbonyl (C=O) groups is 4. The van der Waals surface area contributed by atoms with Gasteiger partial charge in [0.1, 0.15) is 22.7 Å². The highest BCUT2D eigenvalue weighted by Crippen LogP contribution is 2.27. The first-order valence-electron chi connectivity index (χ1n) is 20.1. The molecule has 0 aliphatic carbocycles. The van der Waals surface area contributed by atoms with E-state index < -0.39 is 17.7 Å². The second-order valence-electron chi connectivity index (χ2n) is 14.6. The van der Waals surface area contributed by atoms with E-state index in [1.807, 2.05) is 49.0 Å². The number of H-pyrrole nitrogens is 2. The molecule has 4 N–H and O–H groups in total. The molecule has 2 aromatic carbocycles. The Morgan fingerprint density at radius 1 is 0.817 bits per heavy atom. The molecule has 1 aliphatic rings. The number of amides is 3. The number of fused-ring (bicyclic) bond motifs is 2. The zero-order valence-electron chi connectivity index (χ0n) is 34.5. The summed E-state index contributed by atoms with van der Waals surface area (Å²) in [5.41, 5.74) is 11.4. The Morgan fingerprint density at radius 2 is 1.40 bits per heavy atom. The number of morpholine rings is 1. The van der Waals surface area contributed by atoms with Crippen molar-refractivity contribution in [3.63, 3.8) is 0 Å². The molecule has 0 atom stereocenters. The molecule has 0 saturated carbocycles. The van der Waals surface area contributed by atoms with Gasteiger partial charge in [0.25, 0.3) is 11.8 Å². The van der Waals surface area contributed by atoms with E-state index in [1.54, 1.807) is 51.8 Å². The lowest BCUT2D eigenvalue weighted by Crippen LogP contribution is -2.37. The number of aryl methyl sites for hydroxylation is 4. The number of hydrogen-bond acceptors (Lipinski definition) is 9. The van der Waals surface area contributed by atoms with Crippen LogP contribution in [0.4, 0.5) is 0 Å². The highest BCUT2D eigenvalue weighted by molar-refractivity contribution is 5.99. The van der Waals surface area contributed by atoms with Crippen molar-refractivity contribution in [3.8, 4) is 5.75 Å². The summed E-state index contributed by atoms with van der Waals surface area (Å²) in [6.07, 6.45) is 4.56. The van der Waals surface area contributed by atoms with E-state index in [0.717, 1.165) is 26.1 Å². The zero-order valence-corrected chi connectivity index (χ0v) is 34.5. The van der Waals surface area contributed by atoms with Crippen molar-refractivity contribution in [1.29, 1.82) is 0 Å². The van der Waals surface area contributed by atoms with Crippen LogP contribution in [0.5, 0.6) is 5.75 Å². The highest BCUT2D eigenvalue weighted by atomic mass is 16.5. The lowest BCUT2D eigenvalue weighted by atomic mass is 10.1. The lowest BCUT2D eigenvalue weighted by molar-refractivity contribution is 0.0358. The van der Waals surface area contributed by atoms with Crippen LogP contribution in [0.2, 0.25) is 0 Å². The summed E-state index contributed by atoms with van der Waals surface area (Å²) in [4.78, 5) is 69.9. The number of hydrogen-bond donors (Lipinski definition) is 3. The Bertz CT molecular complexity index is 2770. The number of Topliss-reactive ketones (excluding diaryl/α,β-unsaturated/α-hetero) is 1. The third-order valence-electron chi connectivity index (χ3n) is 10.3. The van der Waals surface area contributed by atoms with Crippen LogP contribution in [0, 0.1) is 13.8 Å². The van der Waals surface area contributed by atoms with Gasteiger partial charge in [-0.25, -0.2) is 0 Å². The van der Waals surface area contributed by atoms with Gasteiger partial charge in [-0.3, -0.25) is 33.4 Å². The number of rotatable bonds is 15. The van der Waals surface area contributed by atoms with Gasteiger partial charge in [0, 0.05) is 56.9 Å². The van der Waals surface area contributed by atoms with Crippen LogP contribution in [-0.2, 0) is 30.9 Å². The predicted octanol–water partition coefficient (Wildman–Crippen LogP) is 3.44. The van der Waals surface area contributed by atoms with Gasteiger partial charge in [-0.1, -0.05) is 12.2 Å². The first kappa shape index (κ1) is 41.5. The van der Waals surface area contributed by atoms with Gasteiger partial charge < -0.3 is 34.3 Å². The van der Waals surface area contributed by atoms with Gasteiger partial charge in [0.05, 0.1) is 47.8 Å². The minimum absolute atomic E-state index is 0.138. The number of nitrogens with zero attached hydrogens (tertiary/aromatic N) is 9. The van der Waals surface area contributed by atoms with Crippen LogP contribution in [0.3, 0.4) is 0 Å². The van der Waals surface area contributed by atoms with Crippen molar-refractivity contribution < 1.29 is 28.7 Å². The monoisotopic (exact) mass is 818 g/mol. The highest BCUT2D eigenvalue weighted by Gasteiger charge is 2.19. The van der Waals surface area contributed by atoms with Gasteiger partial charge >= 0.3 is 0 Å². The Kier molecular flexibility index (Phi) is 12.5. The van der Waals surface area contributed by atoms with Crippen molar-refractivity contribution in [2.24, 2.45) is 15.7 Å². The molecule has 1 saturated heterocycles. The summed E-state index contributed by atoms with van der Waals surface area (Å²) in [5.74, 6) is -1.22. The first-order chi connectivity index (χ1) is 28.9. The van der Waals surface area contributed by atoms with Crippen LogP contribution in [0.15, 0.2) is 64.6 Å². The number of nitrogens with one attached hydrogen (secondary N) is 2. The molecular weight excluding hydrogens is 769 g/mol. The molecule has 0 bridgehead atoms. The van der Waals surface area contributed by atoms with Gasteiger partial charge in [-0.2, -0.15) is 20.2 Å². The average Bonchev–Trinajstić information content (AvgIpc) is 4.00. The smallest absolute Gasteiger partial charge is 0.298 e. The molecule has 6 aromatic rings. The molecule has 0 radical (unpaired) electrons. The average molecular weight is 819 g/mol. The number of ketones is 1. The number of aromatic nitrogens is 8. The summed E-state index contributed by atoms with van der Waals surface area (Å²) >= 11 is 0. The second-order valence-corrected chi connectivity index (χ2v) is 14.6. The van der Waals surface area contributed by atoms with E-state index >= 15 is 0 Å². The Morgan fingerprint density at radius 3 is 2.00 bits per heavy atom. The number of nitrogens with two attached hydrogens (primary N) is 1. The van der Waals surface area contributed by atoms with Crippen LogP contribution in [-0.4, -0.2) is 107 Å². The molecule has 7 rings (SSSR count). The van der Waals surface area contributed by atoms with Crippen LogP contribution in [0.1, 0.15) is 80.3 Å². The lowest BCUT2D eigenvalue weighted by Gasteiger charge is -2.26. The topological polar surface area (TPSA) is 218 Å². The third kappa shape index (κ3) is 8.98. The zero-order chi connectivity index (χ0) is 42.5. The maximum atomic E-state index is 13.7. The van der Waals surface area contributed by atoms with Crippen molar-refractivity contribution in [2.45, 2.75) is 67.2 Å². The molecule has 60 heavy (non-hydrogen) atoms. The van der Waals surface area contributed by atoms with E-state index in [2.05, 4.69) is 35.1 Å². The normalized spacial score (nSPS) is 14.3. The largest absolute Gasteiger partial charge is 0.491 e. The summed E-state index contributed by atoms with van der Waals surface area (Å²) in [6, 6.07) is 11.9. The molecule has 314 valence electrons. The summed E-state index contributed by atoms with van der Waals surface area (Å²) in [6.45, 7) is 14.8. The standard InChI is InChI=1S/C42H50N12O6/c1-6-53-34(21-26(3)48-53)39(57)46-41-44-31-23-29(38(43)56)11-12-33(31)51(41)14-8-9-15-52-37-32(45-42(52)47-40(58)35-22-27(4)49-54(35)7-2)24-30(28(5)55)25-36(37)60-18-10-13-50-16-19-59-20-17-50/h8-9,11-12,21-25H,6-7,10,13-20H2,1-5H3,(H2,43,56)(H,44,46,57)(H,45,47,58)/b9-8+. The number of allylic oxidation sites excluding steroid dienone is 2. The molecular formula is C42H50N12O6. The van der Waals surface area contributed by atoms with Gasteiger partial charge in [0.2, 0.25) is 17.1 Å². The minimum atomic E-state index is -0.588. The van der Waals surface area contributed by atoms with Crippen molar-refractivity contribution in [1.82, 2.24) is 43.6 Å². The number of benzene rings is 2. The van der Waals surface area contributed by atoms with E-state index in [-0.39, 0.29) is 30.1 Å². The molecule has 5 heterocycles. The van der Waals surface area contributed by atoms with E-state index in [4.69, 9.17) is 15.2 Å². The quantitative estimate of drug-likeness (QED) is 0.0785. The summed E-state index contributed by atoms with van der Waals surface area (Å²) in [5, 5.41) is 8.82. The number of aromatic amines is 2. The first-order valence-corrected chi connectivity index (χ1v) is 20.1. The van der Waals surface area contributed by atoms with Gasteiger partial charge in [0.15, 0.2) is 5.78 Å². The molecule has 0 spiro atoms. The maximum Gasteiger partial charge on any atom is 0.298 e. The molecule has 3 amide bonds. The number of carbonyl (C=O) groups excluding carboxylic acids is 4. The molecule has 4 aromatic heterocycles. The van der Waals surface area contributed by atoms with E-state index in [9.17, 15) is 19.2 Å². The molecule has 1 aliphatic heterocycles. The number of ether oxygens (including phenoxy) is 2. The Balaban J connectivity index is 1.27. The predicted molar refractivity (Wildman–Crippen MR) is 223 cm³/mol. The Hall–Kier alpha value is -6.66. The molecule has 18 heteroatoms. The summed E-state index contributed by atoms with van der Waals surface area (Å²) < 4.78 is 18.8. The van der Waals surface area contributed by atoms with Gasteiger partial charge in [-0.15, -0.1) is 0 Å². The molecule has 1 fully saturated rings. The van der Waals surface area contributed by atoms with E-state index in [1.165, 1.54) is 6.92 Å². The SMILES string of the molecule is CCn1nc(C)cc1C(=O)/N=c1/[nH]c2cc(C(C)=O)cc(OCCCN3CCOCC3)c2n1C/C=C/Cn1/c(=N/C(=O)c2cc(C)nn2CC)[nH]c2cc(C(N)=O)ccc21. The van der Waals surface area contributed by atoms with Crippen molar-refractivity contribution >= 4 is 45.6 Å². The second kappa shape index (κ2) is 18.1. The molecule has 0 unspecified atom stereocenters. The number of primary amides is 1. The fraction of sp³-hybridized carbons (Fsp3) is 0.381. The Labute approximate surface area is 345 Å². The maximum absolute atomic E-state index is 13.7. The number of imidazole rings is 2. The van der Waals surface area contributed by atoms with Crippen molar-refractivity contribution in [3.05, 3.63) is 99.8 Å².